The van der Waals surface area contributed by atoms with E-state index in [0.29, 0.717) is 18.2 Å². The predicted octanol–water partition coefficient (Wildman–Crippen LogP) is 2.53. The van der Waals surface area contributed by atoms with Crippen LogP contribution in [0.15, 0.2) is 24.3 Å². The molecule has 1 fully saturated rings. The van der Waals surface area contributed by atoms with Crippen molar-refractivity contribution in [3.63, 3.8) is 0 Å². The maximum Gasteiger partial charge on any atom is 0.105 e. The Labute approximate surface area is 107 Å². The molecule has 1 aliphatic heterocycles. The first kappa shape index (κ1) is 12.8. The van der Waals surface area contributed by atoms with Gasteiger partial charge in [0, 0.05) is 16.6 Å². The topological polar surface area (TPSA) is 44.5 Å². The van der Waals surface area contributed by atoms with Crippen molar-refractivity contribution in [2.24, 2.45) is 5.73 Å². The minimum atomic E-state index is -0.150. The molecule has 2 rings (SSSR count). The molecule has 0 aromatic heterocycles. The molecule has 3 nitrogen and oxygen atoms in total. The molecule has 2 unspecified atom stereocenters. The van der Waals surface area contributed by atoms with Crippen molar-refractivity contribution < 1.29 is 9.47 Å². The summed E-state index contributed by atoms with van der Waals surface area (Å²) in [5.74, 6) is 0. The van der Waals surface area contributed by atoms with Crippen molar-refractivity contribution in [3.05, 3.63) is 34.9 Å². The molecular formula is C13H18ClNO2. The van der Waals surface area contributed by atoms with E-state index in [1.54, 1.807) is 0 Å². The van der Waals surface area contributed by atoms with E-state index in [-0.39, 0.29) is 18.2 Å². The Bertz CT molecular complexity index is 368. The van der Waals surface area contributed by atoms with Gasteiger partial charge in [-0.15, -0.1) is 0 Å². The summed E-state index contributed by atoms with van der Waals surface area (Å²) in [6.45, 7) is 3.35. The summed E-state index contributed by atoms with van der Waals surface area (Å²) in [7, 11) is 0. The minimum absolute atomic E-state index is 0.0458. The van der Waals surface area contributed by atoms with Crippen molar-refractivity contribution in [2.45, 2.75) is 31.6 Å². The SMILES string of the molecule is CCC(N)C(OC1COC1)c1ccccc1Cl. The Kier molecular flexibility index (Phi) is 4.40. The summed E-state index contributed by atoms with van der Waals surface area (Å²) < 4.78 is 11.1. The molecular weight excluding hydrogens is 238 g/mol. The summed E-state index contributed by atoms with van der Waals surface area (Å²) in [5, 5.41) is 0.710. The van der Waals surface area contributed by atoms with Crippen LogP contribution in [0.4, 0.5) is 0 Å². The van der Waals surface area contributed by atoms with E-state index < -0.39 is 0 Å². The van der Waals surface area contributed by atoms with E-state index >= 15 is 0 Å². The fourth-order valence-electron chi connectivity index (χ4n) is 1.82. The van der Waals surface area contributed by atoms with Gasteiger partial charge >= 0.3 is 0 Å². The van der Waals surface area contributed by atoms with Crippen molar-refractivity contribution in [3.8, 4) is 0 Å². The van der Waals surface area contributed by atoms with Crippen LogP contribution >= 0.6 is 11.6 Å². The van der Waals surface area contributed by atoms with Gasteiger partial charge in [-0.3, -0.25) is 0 Å². The highest BCUT2D eigenvalue weighted by atomic mass is 35.5. The number of ether oxygens (including phenoxy) is 2. The number of halogens is 1. The summed E-state index contributed by atoms with van der Waals surface area (Å²) in [5.41, 5.74) is 7.09. The molecule has 0 bridgehead atoms. The second-order valence-electron chi connectivity index (χ2n) is 4.31. The number of nitrogens with two attached hydrogens (primary N) is 1. The Morgan fingerprint density at radius 1 is 1.47 bits per heavy atom. The third kappa shape index (κ3) is 2.99. The van der Waals surface area contributed by atoms with E-state index in [0.717, 1.165) is 12.0 Å². The van der Waals surface area contributed by atoms with Crippen LogP contribution in [0.25, 0.3) is 0 Å². The third-order valence-corrected chi connectivity index (χ3v) is 3.36. The molecule has 4 heteroatoms. The Balaban J connectivity index is 2.16. The highest BCUT2D eigenvalue weighted by Gasteiger charge is 2.28. The fourth-order valence-corrected chi connectivity index (χ4v) is 2.07. The molecule has 0 saturated carbocycles. The molecule has 1 heterocycles. The zero-order valence-corrected chi connectivity index (χ0v) is 10.7. The molecule has 0 spiro atoms. The number of benzene rings is 1. The van der Waals surface area contributed by atoms with Crippen LogP contribution in [-0.2, 0) is 9.47 Å². The average Bonchev–Trinajstić information content (AvgIpc) is 2.29. The van der Waals surface area contributed by atoms with E-state index in [2.05, 4.69) is 6.92 Å². The molecule has 17 heavy (non-hydrogen) atoms. The molecule has 1 saturated heterocycles. The molecule has 0 radical (unpaired) electrons. The predicted molar refractivity (Wildman–Crippen MR) is 68.2 cm³/mol. The van der Waals surface area contributed by atoms with Crippen molar-refractivity contribution in [1.29, 1.82) is 0 Å². The van der Waals surface area contributed by atoms with Crippen LogP contribution in [0.2, 0.25) is 5.02 Å². The van der Waals surface area contributed by atoms with Gasteiger partial charge in [0.1, 0.15) is 6.10 Å². The largest absolute Gasteiger partial charge is 0.376 e. The van der Waals surface area contributed by atoms with Crippen molar-refractivity contribution >= 4 is 11.6 Å². The Morgan fingerprint density at radius 2 is 2.18 bits per heavy atom. The molecule has 0 aliphatic carbocycles. The van der Waals surface area contributed by atoms with Crippen LogP contribution in [-0.4, -0.2) is 25.4 Å². The lowest BCUT2D eigenvalue weighted by molar-refractivity contribution is -0.160. The van der Waals surface area contributed by atoms with Gasteiger partial charge in [-0.25, -0.2) is 0 Å². The fraction of sp³-hybridized carbons (Fsp3) is 0.538. The van der Waals surface area contributed by atoms with E-state index in [4.69, 9.17) is 26.8 Å². The van der Waals surface area contributed by atoms with Gasteiger partial charge < -0.3 is 15.2 Å². The van der Waals surface area contributed by atoms with Crippen LogP contribution in [0.5, 0.6) is 0 Å². The number of rotatable bonds is 5. The zero-order chi connectivity index (χ0) is 12.3. The second-order valence-corrected chi connectivity index (χ2v) is 4.72. The summed E-state index contributed by atoms with van der Waals surface area (Å²) >= 11 is 6.20. The summed E-state index contributed by atoms with van der Waals surface area (Å²) in [6.07, 6.45) is 0.847. The van der Waals surface area contributed by atoms with Crippen LogP contribution in [0.1, 0.15) is 25.0 Å². The zero-order valence-electron chi connectivity index (χ0n) is 9.93. The summed E-state index contributed by atoms with van der Waals surface area (Å²) in [6, 6.07) is 7.66. The lowest BCUT2D eigenvalue weighted by Crippen LogP contribution is -2.41. The normalized spacial score (nSPS) is 19.7. The van der Waals surface area contributed by atoms with Gasteiger partial charge in [-0.05, 0) is 12.5 Å². The standard InChI is InChI=1S/C13H18ClNO2/c1-2-12(15)13(17-9-7-16-8-9)10-5-3-4-6-11(10)14/h3-6,9,12-13H,2,7-8,15H2,1H3. The van der Waals surface area contributed by atoms with Crippen LogP contribution < -0.4 is 5.73 Å². The first-order valence-electron chi connectivity index (χ1n) is 5.95. The van der Waals surface area contributed by atoms with Crippen molar-refractivity contribution in [2.75, 3.05) is 13.2 Å². The van der Waals surface area contributed by atoms with Gasteiger partial charge in [-0.1, -0.05) is 36.7 Å². The van der Waals surface area contributed by atoms with E-state index in [9.17, 15) is 0 Å². The van der Waals surface area contributed by atoms with Gasteiger partial charge in [-0.2, -0.15) is 0 Å². The summed E-state index contributed by atoms with van der Waals surface area (Å²) in [4.78, 5) is 0. The molecule has 1 aliphatic rings. The molecule has 1 aromatic carbocycles. The quantitative estimate of drug-likeness (QED) is 0.879. The van der Waals surface area contributed by atoms with Gasteiger partial charge in [0.15, 0.2) is 0 Å². The smallest absolute Gasteiger partial charge is 0.105 e. The number of hydrogen-bond acceptors (Lipinski definition) is 3. The van der Waals surface area contributed by atoms with Gasteiger partial charge in [0.25, 0.3) is 0 Å². The lowest BCUT2D eigenvalue weighted by atomic mass is 10.0. The highest BCUT2D eigenvalue weighted by molar-refractivity contribution is 6.31. The first-order chi connectivity index (χ1) is 8.22. The van der Waals surface area contributed by atoms with Gasteiger partial charge in [0.05, 0.1) is 19.3 Å². The van der Waals surface area contributed by atoms with E-state index in [1.165, 1.54) is 0 Å². The lowest BCUT2D eigenvalue weighted by Gasteiger charge is -2.33. The third-order valence-electron chi connectivity index (χ3n) is 3.02. The molecule has 94 valence electrons. The second kappa shape index (κ2) is 5.83. The van der Waals surface area contributed by atoms with Crippen LogP contribution in [0, 0.1) is 0 Å². The first-order valence-corrected chi connectivity index (χ1v) is 6.33. The highest BCUT2D eigenvalue weighted by Crippen LogP contribution is 2.30. The molecule has 0 amide bonds. The van der Waals surface area contributed by atoms with E-state index in [1.807, 2.05) is 24.3 Å². The molecule has 2 atom stereocenters. The van der Waals surface area contributed by atoms with Crippen LogP contribution in [0.3, 0.4) is 0 Å². The monoisotopic (exact) mass is 255 g/mol. The Hall–Kier alpha value is -0.610. The number of hydrogen-bond donors (Lipinski definition) is 1. The van der Waals surface area contributed by atoms with Crippen molar-refractivity contribution in [1.82, 2.24) is 0 Å². The maximum atomic E-state index is 6.20. The van der Waals surface area contributed by atoms with Gasteiger partial charge in [0.2, 0.25) is 0 Å². The molecule has 2 N–H and O–H groups in total. The Morgan fingerprint density at radius 3 is 2.71 bits per heavy atom. The molecule has 1 aromatic rings. The minimum Gasteiger partial charge on any atom is -0.376 e. The maximum absolute atomic E-state index is 6.20. The average molecular weight is 256 g/mol.